The average Bonchev–Trinajstić information content (AvgIpc) is 3.29. The molecule has 0 radical (unpaired) electrons. The van der Waals surface area contributed by atoms with E-state index in [0.717, 1.165) is 27.7 Å². The number of pyridine rings is 1. The fourth-order valence-electron chi connectivity index (χ4n) is 3.84. The molecular weight excluding hydrogens is 440 g/mol. The third-order valence-corrected chi connectivity index (χ3v) is 5.65. The number of hydrogen-bond acceptors (Lipinski definition) is 7. The summed E-state index contributed by atoms with van der Waals surface area (Å²) in [4.78, 5) is 17.4. The molecule has 5 rings (SSSR count). The van der Waals surface area contributed by atoms with Crippen molar-refractivity contribution in [3.63, 3.8) is 0 Å². The average molecular weight is 465 g/mol. The van der Waals surface area contributed by atoms with E-state index in [1.54, 1.807) is 11.6 Å². The van der Waals surface area contributed by atoms with Crippen LogP contribution in [0.25, 0.3) is 28.0 Å². The normalized spacial score (nSPS) is 10.9. The topological polar surface area (TPSA) is 94.8 Å². The van der Waals surface area contributed by atoms with Crippen molar-refractivity contribution in [1.29, 1.82) is 0 Å². The van der Waals surface area contributed by atoms with E-state index in [0.29, 0.717) is 17.5 Å². The summed E-state index contributed by atoms with van der Waals surface area (Å²) in [6, 6.07) is 21.6. The van der Waals surface area contributed by atoms with Gasteiger partial charge in [-0.05, 0) is 50.6 Å². The Morgan fingerprint density at radius 2 is 1.80 bits per heavy atom. The number of esters is 1. The molecule has 0 saturated heterocycles. The Bertz CT molecular complexity index is 1510. The van der Waals surface area contributed by atoms with Crippen molar-refractivity contribution in [3.05, 3.63) is 89.6 Å². The fourth-order valence-corrected chi connectivity index (χ4v) is 3.84. The molecular formula is C27H24N6O2. The molecule has 35 heavy (non-hydrogen) atoms. The first kappa shape index (κ1) is 22.2. The Labute approximate surface area is 202 Å². The number of fused-ring (bicyclic) bond motifs is 1. The quantitative estimate of drug-likeness (QED) is 0.336. The van der Waals surface area contributed by atoms with Crippen LogP contribution in [0.5, 0.6) is 0 Å². The molecule has 3 aromatic heterocycles. The lowest BCUT2D eigenvalue weighted by Gasteiger charge is -2.12. The van der Waals surface area contributed by atoms with Gasteiger partial charge in [-0.15, -0.1) is 10.2 Å². The van der Waals surface area contributed by atoms with Gasteiger partial charge in [0, 0.05) is 10.9 Å². The summed E-state index contributed by atoms with van der Waals surface area (Å²) in [5.74, 6) is 0.958. The lowest BCUT2D eigenvalue weighted by atomic mass is 10.1. The molecule has 8 heteroatoms. The molecule has 0 bridgehead atoms. The second-order valence-electron chi connectivity index (χ2n) is 8.15. The van der Waals surface area contributed by atoms with Crippen LogP contribution in [-0.4, -0.2) is 37.5 Å². The van der Waals surface area contributed by atoms with Crippen molar-refractivity contribution in [1.82, 2.24) is 25.0 Å². The van der Waals surface area contributed by atoms with E-state index in [2.05, 4.69) is 20.6 Å². The number of hydrogen-bond donors (Lipinski definition) is 1. The minimum Gasteiger partial charge on any atom is -0.462 e. The maximum absolute atomic E-state index is 12.7. The van der Waals surface area contributed by atoms with E-state index < -0.39 is 5.97 Å². The van der Waals surface area contributed by atoms with E-state index in [9.17, 15) is 4.79 Å². The maximum atomic E-state index is 12.7. The largest absolute Gasteiger partial charge is 0.462 e. The van der Waals surface area contributed by atoms with Crippen LogP contribution in [0.3, 0.4) is 0 Å². The molecule has 3 heterocycles. The Morgan fingerprint density at radius 3 is 2.54 bits per heavy atom. The van der Waals surface area contributed by atoms with Crippen LogP contribution in [0, 0.1) is 13.8 Å². The van der Waals surface area contributed by atoms with Gasteiger partial charge in [-0.1, -0.05) is 48.0 Å². The zero-order valence-electron chi connectivity index (χ0n) is 19.7. The second kappa shape index (κ2) is 9.34. The van der Waals surface area contributed by atoms with Crippen molar-refractivity contribution >= 4 is 28.5 Å². The number of carbonyl (C=O) groups is 1. The summed E-state index contributed by atoms with van der Waals surface area (Å²) in [6.45, 7) is 6.07. The molecule has 0 unspecified atom stereocenters. The highest BCUT2D eigenvalue weighted by Gasteiger charge is 2.21. The van der Waals surface area contributed by atoms with Gasteiger partial charge in [0.25, 0.3) is 0 Å². The summed E-state index contributed by atoms with van der Waals surface area (Å²) >= 11 is 0. The number of nitrogens with zero attached hydrogens (tertiary/aromatic N) is 5. The van der Waals surface area contributed by atoms with E-state index in [1.165, 1.54) is 11.8 Å². The molecule has 0 saturated carbocycles. The number of para-hydroxylation sites is 1. The first-order chi connectivity index (χ1) is 17.0. The summed E-state index contributed by atoms with van der Waals surface area (Å²) in [5, 5.41) is 17.4. The zero-order chi connectivity index (χ0) is 24.4. The first-order valence-electron chi connectivity index (χ1n) is 11.3. The molecule has 2 aromatic carbocycles. The van der Waals surface area contributed by atoms with Gasteiger partial charge in [0.2, 0.25) is 0 Å². The lowest BCUT2D eigenvalue weighted by molar-refractivity contribution is 0.0527. The number of aryl methyl sites for hydroxylation is 2. The number of nitrogens with one attached hydrogen (secondary N) is 1. The maximum Gasteiger partial charge on any atom is 0.343 e. The lowest BCUT2D eigenvalue weighted by Crippen LogP contribution is -2.11. The predicted octanol–water partition coefficient (Wildman–Crippen LogP) is 5.41. The van der Waals surface area contributed by atoms with E-state index in [-0.39, 0.29) is 12.2 Å². The van der Waals surface area contributed by atoms with E-state index >= 15 is 0 Å². The smallest absolute Gasteiger partial charge is 0.343 e. The first-order valence-corrected chi connectivity index (χ1v) is 11.3. The van der Waals surface area contributed by atoms with Crippen molar-refractivity contribution in [2.24, 2.45) is 0 Å². The number of anilines is 2. The monoisotopic (exact) mass is 464 g/mol. The summed E-state index contributed by atoms with van der Waals surface area (Å²) in [7, 11) is 0. The number of rotatable bonds is 6. The van der Waals surface area contributed by atoms with Crippen LogP contribution in [0.4, 0.5) is 11.6 Å². The Kier molecular flexibility index (Phi) is 5.93. The third-order valence-electron chi connectivity index (χ3n) is 5.65. The van der Waals surface area contributed by atoms with Gasteiger partial charge in [-0.2, -0.15) is 9.78 Å². The SMILES string of the molecule is CCOC(=O)c1cnn(-c2cc(C)c3ccccc3n2)c1Nc1ccc(-c2ccc(C)cc2)nn1. The predicted molar refractivity (Wildman–Crippen MR) is 135 cm³/mol. The van der Waals surface area contributed by atoms with E-state index in [1.807, 2.05) is 80.6 Å². The van der Waals surface area contributed by atoms with Crippen LogP contribution in [-0.2, 0) is 4.74 Å². The Balaban J connectivity index is 1.54. The van der Waals surface area contributed by atoms with Gasteiger partial charge in [0.05, 0.1) is 24.0 Å². The Hall–Kier alpha value is -4.59. The highest BCUT2D eigenvalue weighted by atomic mass is 16.5. The zero-order valence-corrected chi connectivity index (χ0v) is 19.7. The number of benzene rings is 2. The van der Waals surface area contributed by atoms with E-state index in [4.69, 9.17) is 9.72 Å². The number of aromatic nitrogens is 5. The number of carbonyl (C=O) groups excluding carboxylic acids is 1. The van der Waals surface area contributed by atoms with Crippen molar-refractivity contribution < 1.29 is 9.53 Å². The highest BCUT2D eigenvalue weighted by Crippen LogP contribution is 2.27. The molecule has 174 valence electrons. The van der Waals surface area contributed by atoms with Crippen molar-refractivity contribution in [2.75, 3.05) is 11.9 Å². The standard InChI is InChI=1S/C27H24N6O2/c1-4-35-27(34)21-16-28-33(25-15-18(3)20-7-5-6-8-23(20)29-25)26(21)30-24-14-13-22(31-32-24)19-11-9-17(2)10-12-19/h5-16H,4H2,1-3H3,(H,30,32). The van der Waals surface area contributed by atoms with Gasteiger partial charge in [0.15, 0.2) is 17.5 Å². The third kappa shape index (κ3) is 4.46. The van der Waals surface area contributed by atoms with Crippen LogP contribution in [0.15, 0.2) is 72.9 Å². The summed E-state index contributed by atoms with van der Waals surface area (Å²) < 4.78 is 6.83. The molecule has 0 spiro atoms. The second-order valence-corrected chi connectivity index (χ2v) is 8.15. The molecule has 0 atom stereocenters. The highest BCUT2D eigenvalue weighted by molar-refractivity contribution is 5.95. The summed E-state index contributed by atoms with van der Waals surface area (Å²) in [5.41, 5.74) is 5.07. The van der Waals surface area contributed by atoms with Crippen molar-refractivity contribution in [2.45, 2.75) is 20.8 Å². The molecule has 0 amide bonds. The molecule has 5 aromatic rings. The molecule has 0 aliphatic rings. The molecule has 8 nitrogen and oxygen atoms in total. The summed E-state index contributed by atoms with van der Waals surface area (Å²) in [6.07, 6.45) is 1.47. The van der Waals surface area contributed by atoms with Gasteiger partial charge in [-0.25, -0.2) is 9.78 Å². The minimum atomic E-state index is -0.483. The van der Waals surface area contributed by atoms with Gasteiger partial charge in [0.1, 0.15) is 5.56 Å². The van der Waals surface area contributed by atoms with Crippen LogP contribution < -0.4 is 5.32 Å². The van der Waals surface area contributed by atoms with Crippen LogP contribution >= 0.6 is 0 Å². The Morgan fingerprint density at radius 1 is 1.00 bits per heavy atom. The van der Waals surface area contributed by atoms with Crippen LogP contribution in [0.2, 0.25) is 0 Å². The van der Waals surface area contributed by atoms with Crippen LogP contribution in [0.1, 0.15) is 28.4 Å². The van der Waals surface area contributed by atoms with Crippen molar-refractivity contribution in [3.8, 4) is 17.1 Å². The van der Waals surface area contributed by atoms with Gasteiger partial charge >= 0.3 is 5.97 Å². The minimum absolute atomic E-state index is 0.252. The number of ether oxygens (including phenoxy) is 1. The molecule has 0 fully saturated rings. The fraction of sp³-hybridized carbons (Fsp3) is 0.148. The molecule has 1 N–H and O–H groups in total. The molecule has 0 aliphatic heterocycles. The molecule has 0 aliphatic carbocycles. The van der Waals surface area contributed by atoms with Gasteiger partial charge in [-0.3, -0.25) is 0 Å². The van der Waals surface area contributed by atoms with Gasteiger partial charge < -0.3 is 10.1 Å².